The van der Waals surface area contributed by atoms with Crippen molar-refractivity contribution in [1.29, 1.82) is 0 Å². The van der Waals surface area contributed by atoms with E-state index in [4.69, 9.17) is 52.1 Å². The third kappa shape index (κ3) is 25.1. The molecule has 10 aromatic rings. The second kappa shape index (κ2) is 42.5. The molecule has 0 spiro atoms. The van der Waals surface area contributed by atoms with Crippen molar-refractivity contribution in [1.82, 2.24) is 0 Å². The van der Waals surface area contributed by atoms with E-state index in [1.54, 1.807) is 144 Å². The number of rotatable bonds is 34. The minimum absolute atomic E-state index is 0.133. The van der Waals surface area contributed by atoms with Crippen LogP contribution in [0.25, 0.3) is 0 Å². The molecular weight excluding hydrogens is 1730 g/mol. The Morgan fingerprint density at radius 1 is 0.250 bits per heavy atom. The lowest BCUT2D eigenvalue weighted by Crippen LogP contribution is -2.30. The average Bonchev–Trinajstić information content (AvgIpc) is 0.715. The maximum atomic E-state index is 15.6. The number of hydrogen-bond acceptors (Lipinski definition) is 21. The van der Waals surface area contributed by atoms with Gasteiger partial charge in [-0.1, -0.05) is 67.5 Å². The van der Waals surface area contributed by atoms with E-state index in [9.17, 15) is 38.4 Å². The predicted octanol–water partition coefficient (Wildman–Crippen LogP) is 22.6. The van der Waals surface area contributed by atoms with Crippen molar-refractivity contribution >= 4 is 105 Å². The van der Waals surface area contributed by atoms with Crippen LogP contribution in [0.5, 0.6) is 57.5 Å². The van der Waals surface area contributed by atoms with E-state index in [0.717, 1.165) is 11.1 Å². The molecule has 29 heteroatoms. The number of methoxy groups -OCH3 is 2. The molecule has 0 bridgehead atoms. The van der Waals surface area contributed by atoms with Crippen molar-refractivity contribution < 1.29 is 100 Å². The molecule has 1 aliphatic heterocycles. The van der Waals surface area contributed by atoms with E-state index in [1.807, 2.05) is 95.2 Å². The first-order chi connectivity index (χ1) is 63.9. The fourth-order valence-corrected chi connectivity index (χ4v) is 14.6. The molecule has 8 amide bonds. The van der Waals surface area contributed by atoms with Gasteiger partial charge in [0.15, 0.2) is 0 Å². The summed E-state index contributed by atoms with van der Waals surface area (Å²) in [5.74, 6) is -3.79. The number of hydrogen-bond donors (Lipinski definition) is 8. The average molecular weight is 1860 g/mol. The molecule has 716 valence electrons. The van der Waals surface area contributed by atoms with Crippen molar-refractivity contribution in [2.75, 3.05) is 56.8 Å². The Bertz CT molecular complexity index is 5900. The van der Waals surface area contributed by atoms with Gasteiger partial charge in [0.05, 0.1) is 131 Å². The Kier molecular flexibility index (Phi) is 31.8. The minimum Gasteiger partial charge on any atom is -0.489 e. The fourth-order valence-electron chi connectivity index (χ4n) is 14.6. The molecular formula is C107H122N8O21. The number of fused-ring (bicyclic) bond motifs is 2. The summed E-state index contributed by atoms with van der Waals surface area (Å²) in [6.07, 6.45) is -3.12. The number of carbonyl (C=O) groups is 10. The van der Waals surface area contributed by atoms with Crippen LogP contribution in [0.3, 0.4) is 0 Å². The van der Waals surface area contributed by atoms with Crippen LogP contribution < -0.4 is 85.2 Å². The lowest BCUT2D eigenvalue weighted by atomic mass is 9.70. The topological polar surface area (TPSA) is 368 Å². The number of amides is 8. The molecule has 0 aromatic heterocycles. The van der Waals surface area contributed by atoms with Gasteiger partial charge in [0, 0.05) is 49.9 Å². The molecule has 10 aromatic carbocycles. The second-order valence-electron chi connectivity index (χ2n) is 37.7. The molecule has 0 radical (unpaired) electrons. The SMILES string of the molecule is COC(=O)c1ccc(NC(=O)c2ccc(NC(=O)c3ccc(NC(=O)c4ccc(NC(=O)c5cc(C(C)(C)C)cc6c5Oc5c(C(=O)Nc7ccc(C(=O)Nc8ccc(C(=O)Nc9ccc(C(=O)Nc%10ccc(C(=O)OC)cc%10OC(C)C)cc9OC(C)C)cc8OC(C)C)cc7OC(C)C)cc(C(C)(C)C)cc5C6(C)C)c(OC(C)C)c4)c(OC(C)C)c3)c(OC(C)C)c2)c(OC(C)C)c1. The Labute approximate surface area is 793 Å². The summed E-state index contributed by atoms with van der Waals surface area (Å²) in [5.41, 5.74) is 4.65. The van der Waals surface area contributed by atoms with Crippen LogP contribution in [0.2, 0.25) is 0 Å². The molecule has 8 N–H and O–H groups in total. The van der Waals surface area contributed by atoms with E-state index in [2.05, 4.69) is 42.5 Å². The van der Waals surface area contributed by atoms with Crippen molar-refractivity contribution in [2.24, 2.45) is 0 Å². The maximum absolute atomic E-state index is 15.6. The summed E-state index contributed by atoms with van der Waals surface area (Å²) in [7, 11) is 2.54. The first-order valence-electron chi connectivity index (χ1n) is 45.1. The van der Waals surface area contributed by atoms with E-state index in [0.29, 0.717) is 22.5 Å². The van der Waals surface area contributed by atoms with Gasteiger partial charge in [-0.15, -0.1) is 0 Å². The molecule has 29 nitrogen and oxygen atoms in total. The highest BCUT2D eigenvalue weighted by Crippen LogP contribution is 2.54. The zero-order valence-corrected chi connectivity index (χ0v) is 81.9. The first-order valence-corrected chi connectivity index (χ1v) is 45.1. The van der Waals surface area contributed by atoms with Crippen molar-refractivity contribution in [3.63, 3.8) is 0 Å². The summed E-state index contributed by atoms with van der Waals surface area (Å²) < 4.78 is 66.3. The van der Waals surface area contributed by atoms with Crippen LogP contribution in [-0.2, 0) is 25.7 Å². The smallest absolute Gasteiger partial charge is 0.337 e. The van der Waals surface area contributed by atoms with E-state index in [-0.39, 0.29) is 172 Å². The molecule has 136 heavy (non-hydrogen) atoms. The number of benzene rings is 10. The number of esters is 2. The van der Waals surface area contributed by atoms with Crippen molar-refractivity contribution in [3.05, 3.63) is 248 Å². The molecule has 1 heterocycles. The van der Waals surface area contributed by atoms with Crippen molar-refractivity contribution in [2.45, 2.75) is 231 Å². The molecule has 0 unspecified atom stereocenters. The Balaban J connectivity index is 0.825. The molecule has 11 rings (SSSR count). The number of anilines is 8. The molecule has 0 saturated heterocycles. The minimum atomic E-state index is -0.939. The van der Waals surface area contributed by atoms with Gasteiger partial charge < -0.3 is 94.6 Å². The highest BCUT2D eigenvalue weighted by atomic mass is 16.5. The van der Waals surface area contributed by atoms with E-state index >= 15 is 9.59 Å². The van der Waals surface area contributed by atoms with Gasteiger partial charge in [0.1, 0.15) is 57.5 Å². The summed E-state index contributed by atoms with van der Waals surface area (Å²) in [4.78, 5) is 141. The monoisotopic (exact) mass is 1850 g/mol. The van der Waals surface area contributed by atoms with Crippen LogP contribution in [-0.4, -0.2) is 122 Å². The summed E-state index contributed by atoms with van der Waals surface area (Å²) in [5, 5.41) is 23.6. The van der Waals surface area contributed by atoms with E-state index in [1.165, 1.54) is 111 Å². The van der Waals surface area contributed by atoms with Gasteiger partial charge in [-0.05, 0) is 290 Å². The highest BCUT2D eigenvalue weighted by molar-refractivity contribution is 6.14. The van der Waals surface area contributed by atoms with Gasteiger partial charge in [-0.25, -0.2) is 9.59 Å². The van der Waals surface area contributed by atoms with Crippen molar-refractivity contribution in [3.8, 4) is 57.5 Å². The van der Waals surface area contributed by atoms with Gasteiger partial charge >= 0.3 is 11.9 Å². The Morgan fingerprint density at radius 3 is 0.588 bits per heavy atom. The zero-order valence-electron chi connectivity index (χ0n) is 81.9. The quantitative estimate of drug-likeness (QED) is 0.0174. The molecule has 1 aliphatic rings. The van der Waals surface area contributed by atoms with Gasteiger partial charge in [0.2, 0.25) is 0 Å². The number of nitrogens with one attached hydrogen (secondary N) is 8. The molecule has 0 aliphatic carbocycles. The first kappa shape index (κ1) is 102. The normalized spacial score (nSPS) is 12.1. The molecule has 0 atom stereocenters. The number of carbonyl (C=O) groups excluding carboxylic acids is 10. The van der Waals surface area contributed by atoms with Gasteiger partial charge in [0.25, 0.3) is 47.3 Å². The lowest BCUT2D eigenvalue weighted by molar-refractivity contribution is 0.0591. The summed E-state index contributed by atoms with van der Waals surface area (Å²) in [6, 6.07) is 44.2. The third-order valence-electron chi connectivity index (χ3n) is 21.1. The van der Waals surface area contributed by atoms with E-state index < -0.39 is 99.9 Å². The van der Waals surface area contributed by atoms with Gasteiger partial charge in [-0.3, -0.25) is 38.4 Å². The molecule has 0 saturated carbocycles. The number of ether oxygens (including phenoxy) is 11. The summed E-state index contributed by atoms with van der Waals surface area (Å²) >= 11 is 0. The van der Waals surface area contributed by atoms with Crippen LogP contribution in [0.15, 0.2) is 170 Å². The standard InChI is InChI=1S/C107H122N8O21/c1-55(2)128-85-43-63(95(116)108-77-37-29-65(45-87(77)130-57(5)6)99(120)112-81-41-33-69(103(124)126-25)49-91(81)134-61(13)14)27-35-79(85)110-97(118)67-31-39-83(89(47-67)132-59(9)10)114-101(122)73-51-71(105(17,18)19)53-75-93(73)136-94-74(52-72(106(20,21)22)54-76(94)107(75,23)24)102(123)115-84-40-32-68(48-90(84)133-60(11)12)98(119)111-80-36-28-64(44-86(80)129-56(3)4)96(117)109-78-38-30-66(46-88(78)131-58(7)8)100(121)113-82-42-34-70(104(125)127-26)50-92(82)135-62(15)16/h27-62H,1-26H3,(H,108,116)(H,109,117)(H,110,118)(H,111,119)(H,112,120)(H,113,121)(H,114,122)(H,115,123). The largest absolute Gasteiger partial charge is 0.489 e. The van der Waals surface area contributed by atoms with Gasteiger partial charge in [-0.2, -0.15) is 0 Å². The highest BCUT2D eigenvalue weighted by Gasteiger charge is 2.42. The Morgan fingerprint density at radius 2 is 0.419 bits per heavy atom. The third-order valence-corrected chi connectivity index (χ3v) is 21.1. The lowest BCUT2D eigenvalue weighted by Gasteiger charge is -2.38. The maximum Gasteiger partial charge on any atom is 0.337 e. The van der Waals surface area contributed by atoms with Crippen LogP contribution in [0.1, 0.15) is 292 Å². The fraction of sp³-hybridized carbons (Fsp3) is 0.346. The second-order valence-corrected chi connectivity index (χ2v) is 37.7. The predicted molar refractivity (Wildman–Crippen MR) is 526 cm³/mol. The molecule has 0 fully saturated rings. The van der Waals surface area contributed by atoms with Crippen LogP contribution in [0, 0.1) is 0 Å². The van der Waals surface area contributed by atoms with Crippen LogP contribution in [0.4, 0.5) is 45.5 Å². The zero-order chi connectivity index (χ0) is 99.6. The van der Waals surface area contributed by atoms with Crippen LogP contribution >= 0.6 is 0 Å². The Hall–Kier alpha value is -14.9. The summed E-state index contributed by atoms with van der Waals surface area (Å²) in [6.45, 7) is 45.1.